The second-order valence-electron chi connectivity index (χ2n) is 13.7. The summed E-state index contributed by atoms with van der Waals surface area (Å²) < 4.78 is 44.9. The number of carbonyl (C=O) groups is 2. The van der Waals surface area contributed by atoms with E-state index < -0.39 is 54.9 Å². The minimum absolute atomic E-state index is 0.0369. The molecule has 0 aliphatic carbocycles. The van der Waals surface area contributed by atoms with E-state index >= 15 is 0 Å². The minimum atomic E-state index is -1.50. The summed E-state index contributed by atoms with van der Waals surface area (Å²) in [6, 6.07) is 46.5. The third-order valence-electron chi connectivity index (χ3n) is 9.41. The van der Waals surface area contributed by atoms with Crippen LogP contribution in [0.2, 0.25) is 0 Å². The molecule has 5 aromatic carbocycles. The van der Waals surface area contributed by atoms with Crippen molar-refractivity contribution in [3.63, 3.8) is 0 Å². The molecule has 0 bridgehead atoms. The Balaban J connectivity index is 1.28. The summed E-state index contributed by atoms with van der Waals surface area (Å²) in [6.45, 7) is 2.55. The quantitative estimate of drug-likeness (QED) is 0.0822. The average Bonchev–Trinajstić information content (AvgIpc) is 3.25. The summed E-state index contributed by atoms with van der Waals surface area (Å²) in [5, 5.41) is 12.8. The van der Waals surface area contributed by atoms with Crippen LogP contribution in [0.1, 0.15) is 34.7 Å². The molecule has 11 heteroatoms. The molecular weight excluding hydrogens is 727 g/mol. The molecule has 0 radical (unpaired) electrons. The minimum Gasteiger partial charge on any atom is -0.480 e. The predicted molar refractivity (Wildman–Crippen MR) is 212 cm³/mol. The van der Waals surface area contributed by atoms with Crippen molar-refractivity contribution in [3.8, 4) is 0 Å². The van der Waals surface area contributed by atoms with Gasteiger partial charge in [0, 0.05) is 0 Å². The van der Waals surface area contributed by atoms with Gasteiger partial charge in [-0.25, -0.2) is 9.59 Å². The number of hydrogen-bond donors (Lipinski definition) is 2. The van der Waals surface area contributed by atoms with Crippen LogP contribution in [0.5, 0.6) is 0 Å². The SMILES string of the molecule is C[C@@H](O[C@@H]1O[C@H](COCc2ccccc2)[C@@H](OCc2ccccc2)[C@H](OCc2ccccc2)[C@@H]1OCc1ccccc1)[C@H](NC(=O)OCc1ccccc1)C(=O)O. The van der Waals surface area contributed by atoms with Crippen molar-refractivity contribution in [2.24, 2.45) is 0 Å². The fraction of sp³-hybridized carbons (Fsp3) is 0.304. The van der Waals surface area contributed by atoms with Crippen LogP contribution in [0.25, 0.3) is 0 Å². The molecule has 298 valence electrons. The van der Waals surface area contributed by atoms with Gasteiger partial charge < -0.3 is 43.6 Å². The highest BCUT2D eigenvalue weighted by molar-refractivity contribution is 5.80. The Morgan fingerprint density at radius 1 is 0.579 bits per heavy atom. The van der Waals surface area contributed by atoms with Crippen LogP contribution in [0.3, 0.4) is 0 Å². The first-order valence-corrected chi connectivity index (χ1v) is 19.0. The third kappa shape index (κ3) is 12.8. The van der Waals surface area contributed by atoms with Crippen molar-refractivity contribution < 1.29 is 47.9 Å². The van der Waals surface area contributed by atoms with Crippen LogP contribution < -0.4 is 5.32 Å². The van der Waals surface area contributed by atoms with Gasteiger partial charge in [-0.05, 0) is 34.7 Å². The van der Waals surface area contributed by atoms with Crippen molar-refractivity contribution in [2.75, 3.05) is 6.61 Å². The number of aliphatic carboxylic acids is 1. The monoisotopic (exact) mass is 775 g/mol. The molecule has 0 spiro atoms. The summed E-state index contributed by atoms with van der Waals surface area (Å²) in [6.07, 6.45) is -6.41. The van der Waals surface area contributed by atoms with Gasteiger partial charge in [-0.2, -0.15) is 0 Å². The van der Waals surface area contributed by atoms with Gasteiger partial charge in [0.25, 0.3) is 0 Å². The van der Waals surface area contributed by atoms with Crippen LogP contribution >= 0.6 is 0 Å². The number of hydrogen-bond acceptors (Lipinski definition) is 9. The van der Waals surface area contributed by atoms with E-state index in [-0.39, 0.29) is 33.0 Å². The van der Waals surface area contributed by atoms with E-state index in [9.17, 15) is 14.7 Å². The van der Waals surface area contributed by atoms with Crippen molar-refractivity contribution >= 4 is 12.1 Å². The number of benzene rings is 5. The normalized spacial score (nSPS) is 20.3. The molecule has 11 nitrogen and oxygen atoms in total. The zero-order valence-electron chi connectivity index (χ0n) is 31.8. The van der Waals surface area contributed by atoms with Gasteiger partial charge in [0.2, 0.25) is 0 Å². The first-order chi connectivity index (χ1) is 27.9. The molecule has 1 amide bonds. The Hall–Kier alpha value is -5.40. The van der Waals surface area contributed by atoms with Gasteiger partial charge in [0.05, 0.1) is 39.1 Å². The number of alkyl carbamates (subject to hydrolysis) is 1. The van der Waals surface area contributed by atoms with E-state index in [1.165, 1.54) is 0 Å². The molecule has 5 aromatic rings. The molecule has 2 N–H and O–H groups in total. The van der Waals surface area contributed by atoms with Crippen molar-refractivity contribution in [1.82, 2.24) is 5.32 Å². The van der Waals surface area contributed by atoms with E-state index in [1.807, 2.05) is 140 Å². The summed E-state index contributed by atoms with van der Waals surface area (Å²) in [5.74, 6) is -1.32. The number of carboxylic acids is 1. The predicted octanol–water partition coefficient (Wildman–Crippen LogP) is 7.47. The zero-order chi connectivity index (χ0) is 39.7. The first kappa shape index (κ1) is 41.2. The molecule has 1 fully saturated rings. The Morgan fingerprint density at radius 2 is 0.982 bits per heavy atom. The van der Waals surface area contributed by atoms with Gasteiger partial charge in [-0.1, -0.05) is 152 Å². The molecule has 0 aromatic heterocycles. The van der Waals surface area contributed by atoms with E-state index in [2.05, 4.69) is 5.32 Å². The molecule has 57 heavy (non-hydrogen) atoms. The van der Waals surface area contributed by atoms with Crippen LogP contribution in [0.15, 0.2) is 152 Å². The van der Waals surface area contributed by atoms with Gasteiger partial charge in [0.1, 0.15) is 31.0 Å². The lowest BCUT2D eigenvalue weighted by atomic mass is 9.97. The molecule has 7 atom stereocenters. The summed E-state index contributed by atoms with van der Waals surface area (Å²) in [7, 11) is 0. The standard InChI is InChI=1S/C46H49NO10/c1-33(40(44(48)49)47-46(50)55-31-38-25-15-6-16-26-38)56-45-43(54-30-37-23-13-5-14-24-37)42(53-29-36-21-11-4-12-22-36)41(52-28-35-19-9-3-10-20-35)39(57-45)32-51-27-34-17-7-2-8-18-34/h2-26,33,39-43,45H,27-32H2,1H3,(H,47,50)(H,48,49)/t33-,39-,40+,41-,42+,43+,45-/m1/s1. The Kier molecular flexibility index (Phi) is 15.8. The summed E-state index contributed by atoms with van der Waals surface area (Å²) in [5.41, 5.74) is 4.51. The molecule has 1 aliphatic heterocycles. The maximum atomic E-state index is 12.9. The maximum absolute atomic E-state index is 12.9. The molecule has 1 saturated heterocycles. The fourth-order valence-corrected chi connectivity index (χ4v) is 6.42. The van der Waals surface area contributed by atoms with Gasteiger partial charge in [-0.15, -0.1) is 0 Å². The lowest BCUT2D eigenvalue weighted by molar-refractivity contribution is -0.336. The fourth-order valence-electron chi connectivity index (χ4n) is 6.42. The van der Waals surface area contributed by atoms with Crippen LogP contribution in [0, 0.1) is 0 Å². The highest BCUT2D eigenvalue weighted by atomic mass is 16.7. The Labute approximate surface area is 333 Å². The largest absolute Gasteiger partial charge is 0.480 e. The number of nitrogens with one attached hydrogen (secondary N) is 1. The molecule has 6 rings (SSSR count). The molecule has 0 unspecified atom stereocenters. The molecule has 0 saturated carbocycles. The smallest absolute Gasteiger partial charge is 0.408 e. The topological polar surface area (TPSA) is 131 Å². The van der Waals surface area contributed by atoms with Crippen LogP contribution in [-0.2, 0) is 71.0 Å². The van der Waals surface area contributed by atoms with E-state index in [0.717, 1.165) is 27.8 Å². The van der Waals surface area contributed by atoms with Crippen molar-refractivity contribution in [2.45, 2.75) is 82.8 Å². The first-order valence-electron chi connectivity index (χ1n) is 19.0. The van der Waals surface area contributed by atoms with Crippen LogP contribution in [-0.4, -0.2) is 66.6 Å². The Bertz CT molecular complexity index is 1900. The second-order valence-corrected chi connectivity index (χ2v) is 13.7. The molecule has 1 aliphatic rings. The van der Waals surface area contributed by atoms with Crippen molar-refractivity contribution in [1.29, 1.82) is 0 Å². The van der Waals surface area contributed by atoms with Crippen LogP contribution in [0.4, 0.5) is 4.79 Å². The van der Waals surface area contributed by atoms with Gasteiger partial charge in [-0.3, -0.25) is 0 Å². The third-order valence-corrected chi connectivity index (χ3v) is 9.41. The number of carboxylic acid groups (broad SMARTS) is 1. The number of amides is 1. The average molecular weight is 776 g/mol. The van der Waals surface area contributed by atoms with E-state index in [1.54, 1.807) is 19.1 Å². The molecular formula is C46H49NO10. The highest BCUT2D eigenvalue weighted by Gasteiger charge is 2.50. The molecule has 1 heterocycles. The number of ether oxygens (including phenoxy) is 7. The van der Waals surface area contributed by atoms with Crippen molar-refractivity contribution in [3.05, 3.63) is 179 Å². The summed E-state index contributed by atoms with van der Waals surface area (Å²) in [4.78, 5) is 25.5. The number of carbonyl (C=O) groups excluding carboxylic acids is 1. The lowest BCUT2D eigenvalue weighted by Crippen LogP contribution is -2.63. The zero-order valence-corrected chi connectivity index (χ0v) is 31.8. The Morgan fingerprint density at radius 3 is 1.44 bits per heavy atom. The highest BCUT2D eigenvalue weighted by Crippen LogP contribution is 2.32. The van der Waals surface area contributed by atoms with Gasteiger partial charge >= 0.3 is 12.1 Å². The summed E-state index contributed by atoms with van der Waals surface area (Å²) >= 11 is 0. The number of rotatable bonds is 20. The second kappa shape index (κ2) is 21.8. The van der Waals surface area contributed by atoms with E-state index in [0.29, 0.717) is 6.61 Å². The maximum Gasteiger partial charge on any atom is 0.408 e. The lowest BCUT2D eigenvalue weighted by Gasteiger charge is -2.46. The van der Waals surface area contributed by atoms with E-state index in [4.69, 9.17) is 33.2 Å². The van der Waals surface area contributed by atoms with Gasteiger partial charge in [0.15, 0.2) is 12.3 Å².